The molecule has 0 aliphatic rings. The summed E-state index contributed by atoms with van der Waals surface area (Å²) in [6.45, 7) is 0. The third kappa shape index (κ3) is 349. The van der Waals surface area contributed by atoms with E-state index in [1.165, 1.54) is 0 Å². The van der Waals surface area contributed by atoms with Crippen molar-refractivity contribution in [3.63, 3.8) is 0 Å². The van der Waals surface area contributed by atoms with Gasteiger partial charge in [-0.1, -0.05) is 0 Å². The van der Waals surface area contributed by atoms with Crippen LogP contribution in [0.1, 0.15) is 0 Å². The minimum atomic E-state index is -4.61. The Balaban J connectivity index is -0.0000000800. The Morgan fingerprint density at radius 3 is 0.857 bits per heavy atom. The van der Waals surface area contributed by atoms with E-state index in [9.17, 15) is 0 Å². The van der Waals surface area contributed by atoms with E-state index in [2.05, 4.69) is 0 Å². The minimum Gasteiger partial charge on any atom is -0.412 e. The van der Waals surface area contributed by atoms with Crippen molar-refractivity contribution in [1.29, 1.82) is 0 Å². The Hall–Kier alpha value is 0.640. The molecule has 7 heavy (non-hydrogen) atoms. The SMILES string of the molecule is O.O[Si](O)(O)O.[Zn]. The van der Waals surface area contributed by atoms with Crippen LogP contribution in [0.15, 0.2) is 0 Å². The Labute approximate surface area is 53.8 Å². The van der Waals surface area contributed by atoms with Crippen molar-refractivity contribution >= 4 is 9.05 Å². The zero-order valence-corrected chi connectivity index (χ0v) is 7.46. The minimum absolute atomic E-state index is 0. The third-order valence-corrected chi connectivity index (χ3v) is 0. The average molecular weight is 180 g/mol. The van der Waals surface area contributed by atoms with Crippen LogP contribution in [0.25, 0.3) is 0 Å². The molecule has 0 saturated heterocycles. The predicted octanol–water partition coefficient (Wildman–Crippen LogP) is -3.44. The first-order valence-electron chi connectivity index (χ1n) is 0.894. The van der Waals surface area contributed by atoms with E-state index < -0.39 is 9.05 Å². The molecule has 0 aliphatic carbocycles. The maximum Gasteiger partial charge on any atom is 0.668 e. The second kappa shape index (κ2) is 4.79. The summed E-state index contributed by atoms with van der Waals surface area (Å²) in [6, 6.07) is 0. The van der Waals surface area contributed by atoms with E-state index in [-0.39, 0.29) is 25.0 Å². The van der Waals surface area contributed by atoms with Crippen molar-refractivity contribution in [2.45, 2.75) is 0 Å². The van der Waals surface area contributed by atoms with Gasteiger partial charge in [0.2, 0.25) is 0 Å². The van der Waals surface area contributed by atoms with Gasteiger partial charge < -0.3 is 24.7 Å². The molecule has 0 heterocycles. The van der Waals surface area contributed by atoms with Gasteiger partial charge in [0, 0.05) is 19.5 Å². The molecule has 0 bridgehead atoms. The first kappa shape index (κ1) is 15.6. The fourth-order valence-electron chi connectivity index (χ4n) is 0. The predicted molar refractivity (Wildman–Crippen MR) is 18.2 cm³/mol. The van der Waals surface area contributed by atoms with Crippen molar-refractivity contribution in [3.05, 3.63) is 0 Å². The number of hydrogen-bond donors (Lipinski definition) is 4. The zero-order chi connectivity index (χ0) is 4.50. The monoisotopic (exact) mass is 178 g/mol. The van der Waals surface area contributed by atoms with Crippen LogP contribution >= 0.6 is 0 Å². The molecule has 7 heteroatoms. The van der Waals surface area contributed by atoms with Gasteiger partial charge in [-0.15, -0.1) is 0 Å². The van der Waals surface area contributed by atoms with Gasteiger partial charge in [-0.25, -0.2) is 0 Å². The average Bonchev–Trinajstić information content (AvgIpc) is 0.722. The summed E-state index contributed by atoms with van der Waals surface area (Å²) in [5.41, 5.74) is 0. The van der Waals surface area contributed by atoms with E-state index in [0.717, 1.165) is 0 Å². The maximum atomic E-state index is 7.33. The third-order valence-electron chi connectivity index (χ3n) is 0. The molecule has 0 amide bonds. The number of rotatable bonds is 0. The topological polar surface area (TPSA) is 112 Å². The first-order chi connectivity index (χ1) is 2.00. The molecule has 42 valence electrons. The Morgan fingerprint density at radius 1 is 0.857 bits per heavy atom. The molecule has 0 unspecified atom stereocenters. The molecular formula is H6O5SiZn. The Morgan fingerprint density at radius 2 is 0.857 bits per heavy atom. The van der Waals surface area contributed by atoms with Crippen molar-refractivity contribution in [3.8, 4) is 0 Å². The molecule has 0 aromatic carbocycles. The summed E-state index contributed by atoms with van der Waals surface area (Å²) in [6.07, 6.45) is 0. The smallest absolute Gasteiger partial charge is 0.412 e. The van der Waals surface area contributed by atoms with Crippen LogP contribution in [0.4, 0.5) is 0 Å². The van der Waals surface area contributed by atoms with Gasteiger partial charge in [-0.3, -0.25) is 0 Å². The second-order valence-electron chi connectivity index (χ2n) is 0.600. The summed E-state index contributed by atoms with van der Waals surface area (Å²) in [7, 11) is -4.61. The van der Waals surface area contributed by atoms with Crippen molar-refractivity contribution in [1.82, 2.24) is 0 Å². The van der Waals surface area contributed by atoms with Crippen molar-refractivity contribution in [2.75, 3.05) is 0 Å². The Bertz CT molecular complexity index is 23.6. The molecule has 5 nitrogen and oxygen atoms in total. The van der Waals surface area contributed by atoms with Gasteiger partial charge >= 0.3 is 9.05 Å². The molecule has 0 aliphatic heterocycles. The van der Waals surface area contributed by atoms with Crippen LogP contribution < -0.4 is 0 Å². The molecule has 0 saturated carbocycles. The van der Waals surface area contributed by atoms with Gasteiger partial charge in [0.05, 0.1) is 0 Å². The van der Waals surface area contributed by atoms with Gasteiger partial charge in [0.25, 0.3) is 0 Å². The maximum absolute atomic E-state index is 7.33. The molecular weight excluding hydrogens is 173 g/mol. The van der Waals surface area contributed by atoms with E-state index in [1.807, 2.05) is 0 Å². The summed E-state index contributed by atoms with van der Waals surface area (Å²) < 4.78 is 0. The van der Waals surface area contributed by atoms with Crippen molar-refractivity contribution in [2.24, 2.45) is 0 Å². The summed E-state index contributed by atoms with van der Waals surface area (Å²) in [5, 5.41) is 0. The van der Waals surface area contributed by atoms with Crippen LogP contribution in [-0.4, -0.2) is 33.7 Å². The quantitative estimate of drug-likeness (QED) is 0.290. The zero-order valence-electron chi connectivity index (χ0n) is 3.50. The summed E-state index contributed by atoms with van der Waals surface area (Å²) in [4.78, 5) is 29.3. The van der Waals surface area contributed by atoms with Gasteiger partial charge in [0.15, 0.2) is 0 Å². The van der Waals surface area contributed by atoms with Crippen LogP contribution in [-0.2, 0) is 19.5 Å². The number of hydrogen-bond acceptors (Lipinski definition) is 4. The van der Waals surface area contributed by atoms with Crippen LogP contribution in [0.3, 0.4) is 0 Å². The van der Waals surface area contributed by atoms with Crippen molar-refractivity contribution < 1.29 is 44.1 Å². The fraction of sp³-hybridized carbons (Fsp3) is 0. The van der Waals surface area contributed by atoms with E-state index in [0.29, 0.717) is 0 Å². The van der Waals surface area contributed by atoms with E-state index in [4.69, 9.17) is 19.2 Å². The van der Waals surface area contributed by atoms with E-state index in [1.54, 1.807) is 0 Å². The van der Waals surface area contributed by atoms with Crippen LogP contribution in [0.2, 0.25) is 0 Å². The molecule has 0 aromatic heterocycles. The summed E-state index contributed by atoms with van der Waals surface area (Å²) in [5.74, 6) is 0. The van der Waals surface area contributed by atoms with E-state index >= 15 is 0 Å². The molecule has 0 aromatic rings. The molecule has 0 atom stereocenters. The first-order valence-corrected chi connectivity index (χ1v) is 2.68. The van der Waals surface area contributed by atoms with Gasteiger partial charge in [-0.2, -0.15) is 0 Å². The fourth-order valence-corrected chi connectivity index (χ4v) is 0. The molecule has 0 radical (unpaired) electrons. The standard InChI is InChI=1S/H4O4Si.H2O.Zn/c1-5(2,3)4;;/h1-4H;1H2;. The summed E-state index contributed by atoms with van der Waals surface area (Å²) >= 11 is 0. The molecule has 0 fully saturated rings. The largest absolute Gasteiger partial charge is 0.668 e. The second-order valence-corrected chi connectivity index (χ2v) is 1.80. The van der Waals surface area contributed by atoms with Gasteiger partial charge in [-0.05, 0) is 0 Å². The molecule has 6 N–H and O–H groups in total. The molecule has 0 spiro atoms. The Kier molecular flexibility index (Phi) is 10.7. The normalized spacial score (nSPS) is 8.57. The van der Waals surface area contributed by atoms with Crippen LogP contribution in [0, 0.1) is 0 Å². The van der Waals surface area contributed by atoms with Crippen LogP contribution in [0.5, 0.6) is 0 Å². The molecule has 0 rings (SSSR count). The van der Waals surface area contributed by atoms with Gasteiger partial charge in [0.1, 0.15) is 0 Å².